The van der Waals surface area contributed by atoms with E-state index in [1.807, 2.05) is 6.07 Å². The van der Waals surface area contributed by atoms with Crippen molar-refractivity contribution in [1.82, 2.24) is 9.55 Å². The Morgan fingerprint density at radius 1 is 1.83 bits per heavy atom. The van der Waals surface area contributed by atoms with E-state index in [-0.39, 0.29) is 17.8 Å². The molecule has 2 rings (SSSR count). The summed E-state index contributed by atoms with van der Waals surface area (Å²) in [5, 5.41) is 11.2. The van der Waals surface area contributed by atoms with E-state index < -0.39 is 0 Å². The summed E-state index contributed by atoms with van der Waals surface area (Å²) in [4.78, 5) is 14.9. The molecule has 1 N–H and O–H groups in total. The lowest BCUT2D eigenvalue weighted by Gasteiger charge is -2.01. The molecule has 2 heterocycles. The number of imidazole rings is 1. The van der Waals surface area contributed by atoms with Crippen molar-refractivity contribution in [3.8, 4) is 6.07 Å². The Hall–Kier alpha value is -1.83. The molecule has 60 valence electrons. The second kappa shape index (κ2) is 2.08. The van der Waals surface area contributed by atoms with E-state index in [1.165, 1.54) is 6.20 Å². The van der Waals surface area contributed by atoms with Gasteiger partial charge in [0.2, 0.25) is 11.7 Å². The first-order valence-corrected chi connectivity index (χ1v) is 3.52. The molecule has 5 nitrogen and oxygen atoms in total. The topological polar surface area (TPSA) is 70.7 Å². The Kier molecular flexibility index (Phi) is 1.19. The third-order valence-electron chi connectivity index (χ3n) is 1.91. The van der Waals surface area contributed by atoms with Gasteiger partial charge in [-0.3, -0.25) is 9.36 Å². The SMILES string of the molecule is CC1C(=O)Nc2cnc(C#N)n21. The first kappa shape index (κ1) is 6.85. The van der Waals surface area contributed by atoms with Crippen LogP contribution in [0.4, 0.5) is 5.82 Å². The first-order valence-electron chi connectivity index (χ1n) is 3.52. The zero-order valence-corrected chi connectivity index (χ0v) is 6.40. The van der Waals surface area contributed by atoms with Gasteiger partial charge in [-0.15, -0.1) is 0 Å². The molecule has 0 fully saturated rings. The number of nitriles is 1. The summed E-state index contributed by atoms with van der Waals surface area (Å²) >= 11 is 0. The minimum absolute atomic E-state index is 0.0936. The summed E-state index contributed by atoms with van der Waals surface area (Å²) in [6.07, 6.45) is 1.49. The van der Waals surface area contributed by atoms with Gasteiger partial charge in [0.25, 0.3) is 0 Å². The Labute approximate surface area is 68.6 Å². The lowest BCUT2D eigenvalue weighted by molar-refractivity contribution is -0.117. The van der Waals surface area contributed by atoms with Gasteiger partial charge < -0.3 is 5.32 Å². The number of nitrogens with one attached hydrogen (secondary N) is 1. The Morgan fingerprint density at radius 2 is 2.58 bits per heavy atom. The lowest BCUT2D eigenvalue weighted by atomic mass is 10.3. The van der Waals surface area contributed by atoms with Crippen LogP contribution in [0.3, 0.4) is 0 Å². The first-order chi connectivity index (χ1) is 5.74. The second-order valence-corrected chi connectivity index (χ2v) is 2.61. The van der Waals surface area contributed by atoms with Crippen molar-refractivity contribution in [1.29, 1.82) is 5.26 Å². The summed E-state index contributed by atoms with van der Waals surface area (Å²) in [5.41, 5.74) is 0. The average Bonchev–Trinajstić information content (AvgIpc) is 2.55. The van der Waals surface area contributed by atoms with Crippen molar-refractivity contribution < 1.29 is 4.79 Å². The van der Waals surface area contributed by atoms with Gasteiger partial charge >= 0.3 is 0 Å². The van der Waals surface area contributed by atoms with E-state index in [4.69, 9.17) is 5.26 Å². The Bertz CT molecular complexity index is 387. The number of aromatic nitrogens is 2. The third-order valence-corrected chi connectivity index (χ3v) is 1.91. The van der Waals surface area contributed by atoms with E-state index in [1.54, 1.807) is 11.5 Å². The molecule has 5 heteroatoms. The van der Waals surface area contributed by atoms with Crippen molar-refractivity contribution in [3.63, 3.8) is 0 Å². The van der Waals surface area contributed by atoms with Crippen molar-refractivity contribution >= 4 is 11.7 Å². The van der Waals surface area contributed by atoms with Crippen LogP contribution in [0.2, 0.25) is 0 Å². The molecule has 1 aliphatic heterocycles. The Morgan fingerprint density at radius 3 is 3.25 bits per heavy atom. The molecule has 1 aliphatic rings. The third kappa shape index (κ3) is 0.663. The van der Waals surface area contributed by atoms with Crippen molar-refractivity contribution in [3.05, 3.63) is 12.0 Å². The van der Waals surface area contributed by atoms with Crippen LogP contribution in [0.25, 0.3) is 0 Å². The number of fused-ring (bicyclic) bond motifs is 1. The van der Waals surface area contributed by atoms with Crippen LogP contribution >= 0.6 is 0 Å². The fourth-order valence-corrected chi connectivity index (χ4v) is 1.28. The summed E-state index contributed by atoms with van der Waals surface area (Å²) in [5.74, 6) is 0.781. The molecule has 1 aromatic heterocycles. The molecule has 0 aliphatic carbocycles. The van der Waals surface area contributed by atoms with Crippen LogP contribution in [0.15, 0.2) is 6.20 Å². The maximum Gasteiger partial charge on any atom is 0.248 e. The smallest absolute Gasteiger partial charge is 0.248 e. The van der Waals surface area contributed by atoms with E-state index in [0.29, 0.717) is 5.82 Å². The van der Waals surface area contributed by atoms with E-state index in [2.05, 4.69) is 10.3 Å². The zero-order valence-electron chi connectivity index (χ0n) is 6.40. The standard InChI is InChI=1S/C7H6N4O/c1-4-7(12)10-6-3-9-5(2-8)11(4)6/h3-4H,1H3,(H,10,12). The summed E-state index contributed by atoms with van der Waals surface area (Å²) in [7, 11) is 0. The van der Waals surface area contributed by atoms with Gasteiger partial charge in [0.05, 0.1) is 6.20 Å². The van der Waals surface area contributed by atoms with Crippen LogP contribution < -0.4 is 5.32 Å². The van der Waals surface area contributed by atoms with E-state index in [9.17, 15) is 4.79 Å². The highest BCUT2D eigenvalue weighted by Gasteiger charge is 2.28. The van der Waals surface area contributed by atoms with Gasteiger partial charge in [-0.2, -0.15) is 5.26 Å². The molecule has 0 saturated heterocycles. The summed E-state index contributed by atoms with van der Waals surface area (Å²) in [6, 6.07) is 1.60. The Balaban J connectivity index is 2.59. The van der Waals surface area contributed by atoms with Crippen LogP contribution in [0.5, 0.6) is 0 Å². The van der Waals surface area contributed by atoms with Gasteiger partial charge in [0, 0.05) is 0 Å². The van der Waals surface area contributed by atoms with Crippen molar-refractivity contribution in [2.75, 3.05) is 5.32 Å². The number of carbonyl (C=O) groups excluding carboxylic acids is 1. The van der Waals surface area contributed by atoms with E-state index in [0.717, 1.165) is 0 Å². The van der Waals surface area contributed by atoms with Crippen molar-refractivity contribution in [2.24, 2.45) is 0 Å². The fraction of sp³-hybridized carbons (Fsp3) is 0.286. The number of nitrogens with zero attached hydrogens (tertiary/aromatic N) is 3. The fourth-order valence-electron chi connectivity index (χ4n) is 1.28. The van der Waals surface area contributed by atoms with Crippen LogP contribution in [0.1, 0.15) is 18.8 Å². The maximum atomic E-state index is 11.1. The molecule has 0 bridgehead atoms. The molecule has 1 aromatic rings. The predicted octanol–water partition coefficient (Wildman–Crippen LogP) is 0.268. The van der Waals surface area contributed by atoms with Crippen LogP contribution in [-0.2, 0) is 4.79 Å². The second-order valence-electron chi connectivity index (χ2n) is 2.61. The molecule has 1 amide bonds. The zero-order chi connectivity index (χ0) is 8.72. The highest BCUT2D eigenvalue weighted by Crippen LogP contribution is 2.25. The molecular formula is C7H6N4O. The molecular weight excluding hydrogens is 156 g/mol. The summed E-state index contributed by atoms with van der Waals surface area (Å²) < 4.78 is 1.59. The highest BCUT2D eigenvalue weighted by atomic mass is 16.2. The highest BCUT2D eigenvalue weighted by molar-refractivity contribution is 5.96. The van der Waals surface area contributed by atoms with Crippen LogP contribution in [-0.4, -0.2) is 15.5 Å². The van der Waals surface area contributed by atoms with Gasteiger partial charge in [0.15, 0.2) is 0 Å². The molecule has 0 saturated carbocycles. The average molecular weight is 162 g/mol. The monoisotopic (exact) mass is 162 g/mol. The normalized spacial score (nSPS) is 20.0. The number of rotatable bonds is 0. The number of hydrogen-bond acceptors (Lipinski definition) is 3. The van der Waals surface area contributed by atoms with E-state index >= 15 is 0 Å². The van der Waals surface area contributed by atoms with Crippen LogP contribution in [0, 0.1) is 11.3 Å². The van der Waals surface area contributed by atoms with Gasteiger partial charge in [-0.25, -0.2) is 4.98 Å². The molecule has 12 heavy (non-hydrogen) atoms. The maximum absolute atomic E-state index is 11.1. The lowest BCUT2D eigenvalue weighted by Crippen LogP contribution is -2.13. The molecule has 0 radical (unpaired) electrons. The summed E-state index contributed by atoms with van der Waals surface area (Å²) in [6.45, 7) is 1.73. The molecule has 1 atom stereocenters. The minimum Gasteiger partial charge on any atom is -0.309 e. The molecule has 1 unspecified atom stereocenters. The quantitative estimate of drug-likeness (QED) is 0.595. The minimum atomic E-state index is -0.322. The number of carbonyl (C=O) groups is 1. The molecule has 0 aromatic carbocycles. The number of hydrogen-bond donors (Lipinski definition) is 1. The van der Waals surface area contributed by atoms with Gasteiger partial charge in [-0.1, -0.05) is 0 Å². The van der Waals surface area contributed by atoms with Gasteiger partial charge in [0.1, 0.15) is 17.9 Å². The number of amides is 1. The van der Waals surface area contributed by atoms with Crippen molar-refractivity contribution in [2.45, 2.75) is 13.0 Å². The van der Waals surface area contributed by atoms with Gasteiger partial charge in [-0.05, 0) is 6.92 Å². The predicted molar refractivity (Wildman–Crippen MR) is 40.3 cm³/mol. The number of anilines is 1. The largest absolute Gasteiger partial charge is 0.309 e. The molecule has 0 spiro atoms.